The van der Waals surface area contributed by atoms with E-state index >= 15 is 0 Å². The van der Waals surface area contributed by atoms with Crippen LogP contribution in [0.1, 0.15) is 27.2 Å². The molecule has 1 fully saturated rings. The van der Waals surface area contributed by atoms with Crippen LogP contribution >= 0.6 is 0 Å². The van der Waals surface area contributed by atoms with Crippen LogP contribution in [-0.4, -0.2) is 66.2 Å². The Morgan fingerprint density at radius 1 is 1.40 bits per heavy atom. The van der Waals surface area contributed by atoms with Crippen molar-refractivity contribution in [3.8, 4) is 0 Å². The molecule has 3 unspecified atom stereocenters. The third-order valence-corrected chi connectivity index (χ3v) is 4.01. The van der Waals surface area contributed by atoms with Gasteiger partial charge >= 0.3 is 12.0 Å². The highest BCUT2D eigenvalue weighted by atomic mass is 16.4. The lowest BCUT2D eigenvalue weighted by Crippen LogP contribution is -2.51. The highest BCUT2D eigenvalue weighted by Crippen LogP contribution is 2.24. The van der Waals surface area contributed by atoms with Crippen molar-refractivity contribution >= 4 is 12.0 Å². The molecule has 1 aliphatic heterocycles. The number of carbonyl (C=O) groups excluding carboxylic acids is 1. The zero-order valence-electron chi connectivity index (χ0n) is 13.1. The van der Waals surface area contributed by atoms with Gasteiger partial charge in [0.1, 0.15) is 0 Å². The van der Waals surface area contributed by atoms with Gasteiger partial charge in [-0.05, 0) is 33.4 Å². The van der Waals surface area contributed by atoms with Gasteiger partial charge in [-0.2, -0.15) is 0 Å². The zero-order chi connectivity index (χ0) is 15.4. The number of carboxylic acid groups (broad SMARTS) is 1. The van der Waals surface area contributed by atoms with E-state index in [0.29, 0.717) is 18.9 Å². The number of amides is 2. The first kappa shape index (κ1) is 16.8. The molecule has 6 heteroatoms. The van der Waals surface area contributed by atoms with Crippen molar-refractivity contribution in [2.24, 2.45) is 11.8 Å². The minimum Gasteiger partial charge on any atom is -0.481 e. The van der Waals surface area contributed by atoms with E-state index in [0.717, 1.165) is 6.54 Å². The van der Waals surface area contributed by atoms with E-state index in [9.17, 15) is 9.59 Å². The average Bonchev–Trinajstić information content (AvgIpc) is 2.69. The first-order valence-electron chi connectivity index (χ1n) is 7.18. The van der Waals surface area contributed by atoms with E-state index in [-0.39, 0.29) is 18.1 Å². The summed E-state index contributed by atoms with van der Waals surface area (Å²) in [6.07, 6.45) is 0.532. The minimum absolute atomic E-state index is 0.0635. The molecule has 1 aliphatic rings. The maximum absolute atomic E-state index is 12.3. The predicted molar refractivity (Wildman–Crippen MR) is 77.6 cm³/mol. The van der Waals surface area contributed by atoms with Crippen molar-refractivity contribution in [1.82, 2.24) is 15.1 Å². The molecule has 20 heavy (non-hydrogen) atoms. The Labute approximate surface area is 121 Å². The number of likely N-dealkylation sites (tertiary alicyclic amines) is 1. The molecule has 0 aromatic carbocycles. The molecule has 0 bridgehead atoms. The Morgan fingerprint density at radius 2 is 2.00 bits per heavy atom. The normalized spacial score (nSPS) is 24.2. The van der Waals surface area contributed by atoms with Crippen molar-refractivity contribution in [2.45, 2.75) is 39.3 Å². The molecule has 1 heterocycles. The van der Waals surface area contributed by atoms with Crippen LogP contribution in [0, 0.1) is 11.8 Å². The van der Waals surface area contributed by atoms with Crippen LogP contribution in [0.3, 0.4) is 0 Å². The SMILES string of the molecule is CC(C)C(CN(C)C)NC(=O)N1CCC(C(=O)O)C1C. The van der Waals surface area contributed by atoms with Crippen LogP contribution in [0.25, 0.3) is 0 Å². The molecule has 3 atom stereocenters. The smallest absolute Gasteiger partial charge is 0.317 e. The number of nitrogens with zero attached hydrogens (tertiary/aromatic N) is 2. The fourth-order valence-corrected chi connectivity index (χ4v) is 2.61. The molecule has 0 saturated carbocycles. The van der Waals surface area contributed by atoms with Crippen molar-refractivity contribution in [2.75, 3.05) is 27.2 Å². The van der Waals surface area contributed by atoms with Gasteiger partial charge in [-0.1, -0.05) is 13.8 Å². The van der Waals surface area contributed by atoms with Gasteiger partial charge in [0, 0.05) is 25.2 Å². The maximum atomic E-state index is 12.3. The molecule has 0 aromatic heterocycles. The first-order chi connectivity index (χ1) is 9.23. The summed E-state index contributed by atoms with van der Waals surface area (Å²) in [7, 11) is 3.95. The number of rotatable bonds is 5. The number of carboxylic acids is 1. The molecule has 0 spiro atoms. The fraction of sp³-hybridized carbons (Fsp3) is 0.857. The second-order valence-electron chi connectivity index (χ2n) is 6.23. The molecule has 2 amide bonds. The van der Waals surface area contributed by atoms with Crippen molar-refractivity contribution in [1.29, 1.82) is 0 Å². The van der Waals surface area contributed by atoms with Crippen LogP contribution in [0.4, 0.5) is 4.79 Å². The quantitative estimate of drug-likeness (QED) is 0.793. The van der Waals surface area contributed by atoms with Crippen molar-refractivity contribution in [3.05, 3.63) is 0 Å². The van der Waals surface area contributed by atoms with E-state index in [4.69, 9.17) is 5.11 Å². The average molecular weight is 285 g/mol. The second kappa shape index (κ2) is 6.92. The molecule has 0 aromatic rings. The number of aliphatic carboxylic acids is 1. The largest absolute Gasteiger partial charge is 0.481 e. The molecule has 2 N–H and O–H groups in total. The van der Waals surface area contributed by atoms with Crippen molar-refractivity contribution < 1.29 is 14.7 Å². The Morgan fingerprint density at radius 3 is 2.40 bits per heavy atom. The lowest BCUT2D eigenvalue weighted by molar-refractivity contribution is -0.142. The standard InChI is InChI=1S/C14H27N3O3/c1-9(2)12(8-16(4)5)15-14(20)17-7-6-11(10(17)3)13(18)19/h9-12H,6-8H2,1-5H3,(H,15,20)(H,18,19). The highest BCUT2D eigenvalue weighted by Gasteiger charge is 2.38. The fourth-order valence-electron chi connectivity index (χ4n) is 2.61. The molecule has 1 rings (SSSR count). The molecule has 1 saturated heterocycles. The molecular formula is C14H27N3O3. The van der Waals surface area contributed by atoms with Crippen LogP contribution in [0.2, 0.25) is 0 Å². The van der Waals surface area contributed by atoms with E-state index < -0.39 is 11.9 Å². The summed E-state index contributed by atoms with van der Waals surface area (Å²) in [5.74, 6) is -0.942. The summed E-state index contributed by atoms with van der Waals surface area (Å²) in [6, 6.07) is -0.338. The number of hydrogen-bond donors (Lipinski definition) is 2. The van der Waals surface area contributed by atoms with Crippen LogP contribution in [0.15, 0.2) is 0 Å². The van der Waals surface area contributed by atoms with Gasteiger partial charge < -0.3 is 20.2 Å². The van der Waals surface area contributed by atoms with Crippen LogP contribution in [-0.2, 0) is 4.79 Å². The summed E-state index contributed by atoms with van der Waals surface area (Å²) < 4.78 is 0. The number of urea groups is 1. The molecule has 116 valence electrons. The monoisotopic (exact) mass is 285 g/mol. The van der Waals surface area contributed by atoms with Gasteiger partial charge in [-0.25, -0.2) is 4.79 Å². The van der Waals surface area contributed by atoms with E-state index in [1.807, 2.05) is 25.9 Å². The third kappa shape index (κ3) is 4.10. The molecule has 0 aliphatic carbocycles. The number of hydrogen-bond acceptors (Lipinski definition) is 3. The highest BCUT2D eigenvalue weighted by molar-refractivity contribution is 5.78. The van der Waals surface area contributed by atoms with E-state index in [1.165, 1.54) is 0 Å². The van der Waals surface area contributed by atoms with Gasteiger partial charge in [0.25, 0.3) is 0 Å². The van der Waals surface area contributed by atoms with Gasteiger partial charge in [0.05, 0.1) is 5.92 Å². The zero-order valence-corrected chi connectivity index (χ0v) is 13.1. The Balaban J connectivity index is 2.64. The Hall–Kier alpha value is -1.30. The Bertz CT molecular complexity index is 358. The lowest BCUT2D eigenvalue weighted by Gasteiger charge is -2.30. The molecular weight excluding hydrogens is 258 g/mol. The summed E-state index contributed by atoms with van der Waals surface area (Å²) in [6.45, 7) is 7.23. The van der Waals surface area contributed by atoms with Gasteiger partial charge in [-0.3, -0.25) is 4.79 Å². The number of likely N-dealkylation sites (N-methyl/N-ethyl adjacent to an activating group) is 1. The van der Waals surface area contributed by atoms with Crippen molar-refractivity contribution in [3.63, 3.8) is 0 Å². The molecule has 0 radical (unpaired) electrons. The van der Waals surface area contributed by atoms with Crippen LogP contribution in [0.5, 0.6) is 0 Å². The van der Waals surface area contributed by atoms with Crippen LogP contribution < -0.4 is 5.32 Å². The summed E-state index contributed by atoms with van der Waals surface area (Å²) in [5.41, 5.74) is 0. The number of carbonyl (C=O) groups is 2. The third-order valence-electron chi connectivity index (χ3n) is 4.01. The van der Waals surface area contributed by atoms with Gasteiger partial charge in [0.15, 0.2) is 0 Å². The predicted octanol–water partition coefficient (Wildman–Crippen LogP) is 1.08. The molecule has 6 nitrogen and oxygen atoms in total. The maximum Gasteiger partial charge on any atom is 0.317 e. The Kier molecular flexibility index (Phi) is 5.80. The van der Waals surface area contributed by atoms with Gasteiger partial charge in [0.2, 0.25) is 0 Å². The summed E-state index contributed by atoms with van der Waals surface area (Å²) in [5, 5.41) is 12.1. The number of nitrogens with one attached hydrogen (secondary N) is 1. The van der Waals surface area contributed by atoms with Gasteiger partial charge in [-0.15, -0.1) is 0 Å². The summed E-state index contributed by atoms with van der Waals surface area (Å²) in [4.78, 5) is 27.1. The minimum atomic E-state index is -0.818. The topological polar surface area (TPSA) is 72.9 Å². The summed E-state index contributed by atoms with van der Waals surface area (Å²) >= 11 is 0. The van der Waals surface area contributed by atoms with E-state index in [2.05, 4.69) is 19.2 Å². The first-order valence-corrected chi connectivity index (χ1v) is 7.18. The lowest BCUT2D eigenvalue weighted by atomic mass is 10.0. The van der Waals surface area contributed by atoms with E-state index in [1.54, 1.807) is 4.90 Å². The second-order valence-corrected chi connectivity index (χ2v) is 6.23.